The van der Waals surface area contributed by atoms with E-state index in [2.05, 4.69) is 41.4 Å². The topological polar surface area (TPSA) is 15.3 Å². The number of rotatable bonds is 8. The van der Waals surface area contributed by atoms with Crippen molar-refractivity contribution >= 4 is 5.69 Å². The maximum Gasteiger partial charge on any atom is 0.0398 e. The van der Waals surface area contributed by atoms with E-state index < -0.39 is 0 Å². The standard InChI is InChI=1S/C19H30N2/c1-16-14-17-8-4-5-9-19(17)21(15-16)13-7-3-2-6-12-20-18-10-11-18/h4-5,8-9,16,18,20H,2-3,6-7,10-15H2,1H3. The molecule has 3 rings (SSSR count). The van der Waals surface area contributed by atoms with Crippen LogP contribution in [0.25, 0.3) is 0 Å². The van der Waals surface area contributed by atoms with Gasteiger partial charge in [-0.15, -0.1) is 0 Å². The van der Waals surface area contributed by atoms with E-state index in [1.54, 1.807) is 5.56 Å². The zero-order valence-corrected chi connectivity index (χ0v) is 13.5. The van der Waals surface area contributed by atoms with Gasteiger partial charge in [-0.3, -0.25) is 0 Å². The maximum absolute atomic E-state index is 3.61. The fourth-order valence-electron chi connectivity index (χ4n) is 3.49. The summed E-state index contributed by atoms with van der Waals surface area (Å²) in [7, 11) is 0. The predicted octanol–water partition coefficient (Wildman–Crippen LogP) is 4.00. The van der Waals surface area contributed by atoms with Gasteiger partial charge in [0.1, 0.15) is 0 Å². The monoisotopic (exact) mass is 286 g/mol. The fraction of sp³-hybridized carbons (Fsp3) is 0.684. The van der Waals surface area contributed by atoms with Gasteiger partial charge in [0.05, 0.1) is 0 Å². The lowest BCUT2D eigenvalue weighted by Gasteiger charge is -2.35. The van der Waals surface area contributed by atoms with Crippen LogP contribution in [0.15, 0.2) is 24.3 Å². The van der Waals surface area contributed by atoms with Gasteiger partial charge < -0.3 is 10.2 Å². The average Bonchev–Trinajstić information content (AvgIpc) is 3.30. The van der Waals surface area contributed by atoms with Gasteiger partial charge in [-0.25, -0.2) is 0 Å². The number of fused-ring (bicyclic) bond motifs is 1. The molecule has 0 bridgehead atoms. The molecule has 1 atom stereocenters. The van der Waals surface area contributed by atoms with Crippen molar-refractivity contribution in [1.29, 1.82) is 0 Å². The highest BCUT2D eigenvalue weighted by Crippen LogP contribution is 2.29. The maximum atomic E-state index is 3.61. The summed E-state index contributed by atoms with van der Waals surface area (Å²) >= 11 is 0. The molecule has 1 saturated carbocycles. The molecule has 2 nitrogen and oxygen atoms in total. The minimum Gasteiger partial charge on any atom is -0.371 e. The number of hydrogen-bond acceptors (Lipinski definition) is 2. The third kappa shape index (κ3) is 4.47. The lowest BCUT2D eigenvalue weighted by Crippen LogP contribution is -2.35. The van der Waals surface area contributed by atoms with E-state index in [0.717, 1.165) is 12.0 Å². The molecular formula is C19H30N2. The van der Waals surface area contributed by atoms with Gasteiger partial charge in [-0.05, 0) is 56.2 Å². The summed E-state index contributed by atoms with van der Waals surface area (Å²) in [4.78, 5) is 2.62. The molecule has 1 N–H and O–H groups in total. The minimum absolute atomic E-state index is 0.794. The lowest BCUT2D eigenvalue weighted by molar-refractivity contribution is 0.515. The van der Waals surface area contributed by atoms with Gasteiger partial charge in [0.2, 0.25) is 0 Å². The largest absolute Gasteiger partial charge is 0.371 e. The SMILES string of the molecule is CC1Cc2ccccc2N(CCCCCCNC2CC2)C1. The molecule has 2 aliphatic rings. The number of benzene rings is 1. The molecule has 1 aliphatic heterocycles. The molecule has 1 heterocycles. The van der Waals surface area contributed by atoms with Crippen LogP contribution >= 0.6 is 0 Å². The molecule has 1 aromatic rings. The number of nitrogens with zero attached hydrogens (tertiary/aromatic N) is 1. The molecule has 21 heavy (non-hydrogen) atoms. The fourth-order valence-corrected chi connectivity index (χ4v) is 3.49. The molecule has 1 unspecified atom stereocenters. The Morgan fingerprint density at radius 2 is 1.90 bits per heavy atom. The summed E-state index contributed by atoms with van der Waals surface area (Å²) in [6.45, 7) is 6.08. The molecule has 0 spiro atoms. The second kappa shape index (κ2) is 7.31. The van der Waals surface area contributed by atoms with Gasteiger partial charge in [-0.2, -0.15) is 0 Å². The second-order valence-corrected chi connectivity index (χ2v) is 7.03. The Morgan fingerprint density at radius 3 is 2.76 bits per heavy atom. The van der Waals surface area contributed by atoms with Crippen molar-refractivity contribution < 1.29 is 0 Å². The Morgan fingerprint density at radius 1 is 1.10 bits per heavy atom. The Bertz CT molecular complexity index is 439. The molecule has 0 aromatic heterocycles. The Labute approximate surface area is 129 Å². The first kappa shape index (κ1) is 14.9. The summed E-state index contributed by atoms with van der Waals surface area (Å²) in [5.74, 6) is 0.794. The molecule has 1 aliphatic carbocycles. The predicted molar refractivity (Wildman–Crippen MR) is 91.0 cm³/mol. The number of unbranched alkanes of at least 4 members (excludes halogenated alkanes) is 3. The smallest absolute Gasteiger partial charge is 0.0398 e. The summed E-state index contributed by atoms with van der Waals surface area (Å²) in [5, 5.41) is 3.61. The Kier molecular flexibility index (Phi) is 5.18. The normalized spacial score (nSPS) is 21.4. The van der Waals surface area contributed by atoms with Crippen LogP contribution in [0.4, 0.5) is 5.69 Å². The van der Waals surface area contributed by atoms with Crippen LogP contribution < -0.4 is 10.2 Å². The van der Waals surface area contributed by atoms with Gasteiger partial charge >= 0.3 is 0 Å². The van der Waals surface area contributed by atoms with Gasteiger partial charge in [0, 0.05) is 24.8 Å². The van der Waals surface area contributed by atoms with Crippen molar-refractivity contribution in [3.8, 4) is 0 Å². The summed E-state index contributed by atoms with van der Waals surface area (Å²) in [5.41, 5.74) is 3.04. The average molecular weight is 286 g/mol. The molecule has 0 amide bonds. The third-order valence-electron chi connectivity index (χ3n) is 4.80. The van der Waals surface area contributed by atoms with E-state index >= 15 is 0 Å². The van der Waals surface area contributed by atoms with Gasteiger partial charge in [0.15, 0.2) is 0 Å². The second-order valence-electron chi connectivity index (χ2n) is 7.03. The Hall–Kier alpha value is -1.02. The van der Waals surface area contributed by atoms with Crippen molar-refractivity contribution in [2.45, 2.75) is 57.9 Å². The van der Waals surface area contributed by atoms with Crippen LogP contribution in [0.5, 0.6) is 0 Å². The van der Waals surface area contributed by atoms with E-state index in [1.807, 2.05) is 0 Å². The van der Waals surface area contributed by atoms with Crippen molar-refractivity contribution in [1.82, 2.24) is 5.32 Å². The third-order valence-corrected chi connectivity index (χ3v) is 4.80. The molecule has 116 valence electrons. The van der Waals surface area contributed by atoms with Crippen LogP contribution in [-0.2, 0) is 6.42 Å². The lowest BCUT2D eigenvalue weighted by atomic mass is 9.93. The van der Waals surface area contributed by atoms with Crippen molar-refractivity contribution in [3.05, 3.63) is 29.8 Å². The van der Waals surface area contributed by atoms with Crippen molar-refractivity contribution in [2.75, 3.05) is 24.5 Å². The molecule has 0 saturated heterocycles. The first-order valence-electron chi connectivity index (χ1n) is 8.89. The quantitative estimate of drug-likeness (QED) is 0.727. The minimum atomic E-state index is 0.794. The highest BCUT2D eigenvalue weighted by molar-refractivity contribution is 5.55. The van der Waals surface area contributed by atoms with Crippen molar-refractivity contribution in [2.24, 2.45) is 5.92 Å². The highest BCUT2D eigenvalue weighted by Gasteiger charge is 2.21. The summed E-state index contributed by atoms with van der Waals surface area (Å²) < 4.78 is 0. The Balaban J connectivity index is 1.36. The van der Waals surface area contributed by atoms with Crippen LogP contribution in [0.1, 0.15) is 51.0 Å². The molecule has 1 aromatic carbocycles. The van der Waals surface area contributed by atoms with Gasteiger partial charge in [-0.1, -0.05) is 38.0 Å². The molecule has 0 radical (unpaired) electrons. The summed E-state index contributed by atoms with van der Waals surface area (Å²) in [6, 6.07) is 9.85. The van der Waals surface area contributed by atoms with E-state index in [4.69, 9.17) is 0 Å². The van der Waals surface area contributed by atoms with E-state index in [1.165, 1.54) is 70.3 Å². The molecule has 2 heteroatoms. The zero-order valence-electron chi connectivity index (χ0n) is 13.5. The van der Waals surface area contributed by atoms with E-state index in [-0.39, 0.29) is 0 Å². The van der Waals surface area contributed by atoms with Gasteiger partial charge in [0.25, 0.3) is 0 Å². The van der Waals surface area contributed by atoms with Crippen LogP contribution in [0, 0.1) is 5.92 Å². The van der Waals surface area contributed by atoms with Crippen LogP contribution in [-0.4, -0.2) is 25.7 Å². The van der Waals surface area contributed by atoms with Crippen LogP contribution in [0.3, 0.4) is 0 Å². The molecule has 1 fully saturated rings. The number of hydrogen-bond donors (Lipinski definition) is 1. The first-order chi connectivity index (χ1) is 10.3. The number of nitrogens with one attached hydrogen (secondary N) is 1. The number of anilines is 1. The zero-order chi connectivity index (χ0) is 14.5. The van der Waals surface area contributed by atoms with E-state index in [9.17, 15) is 0 Å². The van der Waals surface area contributed by atoms with E-state index in [0.29, 0.717) is 0 Å². The first-order valence-corrected chi connectivity index (χ1v) is 8.89. The number of para-hydroxylation sites is 1. The van der Waals surface area contributed by atoms with Crippen LogP contribution in [0.2, 0.25) is 0 Å². The molecular weight excluding hydrogens is 256 g/mol. The summed E-state index contributed by atoms with van der Waals surface area (Å²) in [6.07, 6.45) is 9.51. The highest BCUT2D eigenvalue weighted by atomic mass is 15.1. The van der Waals surface area contributed by atoms with Crippen molar-refractivity contribution in [3.63, 3.8) is 0 Å².